The number of amidine groups is 1. The summed E-state index contributed by atoms with van der Waals surface area (Å²) >= 11 is 0. The molecule has 4 heterocycles. The number of rotatable bonds is 8. The summed E-state index contributed by atoms with van der Waals surface area (Å²) in [6.45, 7) is 7.21. The van der Waals surface area contributed by atoms with Crippen LogP contribution < -0.4 is 10.5 Å². The Kier molecular flexibility index (Phi) is 10.1. The average molecular weight is 814 g/mol. The van der Waals surface area contributed by atoms with Gasteiger partial charge in [0.25, 0.3) is 0 Å². The quantitative estimate of drug-likeness (QED) is 0.0576. The van der Waals surface area contributed by atoms with Crippen molar-refractivity contribution < 1.29 is 9.84 Å². The number of nitrogens with two attached hydrogens (primary N) is 1. The lowest BCUT2D eigenvalue weighted by atomic mass is 10.0. The first-order valence-corrected chi connectivity index (χ1v) is 19.6. The standard InChI is InChI=1S/C25H19N5O.C24H20N6O/c1-26-19-13-14-20-21(15-19)28-25(27-20)23-24(31-3)22(29-30(23)2)18-11-9-17(10-12-18)16-7-5-4-6-8-16;1-30-21(24-27-18-12-11-17(23(25)26)13-19(18)28-24)22(31)20(29-30)16-9-7-15(8-10-16)14-5-3-2-4-6-14/h4-15H,2-3H3,(H,27,28);2-13,31H,1H3,(H3,25,26)(H,27,28). The third-order valence-corrected chi connectivity index (χ3v) is 10.6. The van der Waals surface area contributed by atoms with Gasteiger partial charge >= 0.3 is 0 Å². The second kappa shape index (κ2) is 16.1. The summed E-state index contributed by atoms with van der Waals surface area (Å²) in [4.78, 5) is 19.3. The molecule has 10 rings (SSSR count). The van der Waals surface area contributed by atoms with Crippen LogP contribution in [0.25, 0.3) is 94.7 Å². The lowest BCUT2D eigenvalue weighted by Crippen LogP contribution is -2.10. The summed E-state index contributed by atoms with van der Waals surface area (Å²) < 4.78 is 9.15. The number of benzene rings is 6. The van der Waals surface area contributed by atoms with Crippen molar-refractivity contribution >= 4 is 33.6 Å². The molecule has 62 heavy (non-hydrogen) atoms. The van der Waals surface area contributed by atoms with Crippen molar-refractivity contribution in [1.29, 1.82) is 5.41 Å². The van der Waals surface area contributed by atoms with E-state index in [1.54, 1.807) is 53.9 Å². The van der Waals surface area contributed by atoms with E-state index in [-0.39, 0.29) is 11.6 Å². The number of aromatic hydroxyl groups is 1. The zero-order valence-corrected chi connectivity index (χ0v) is 33.9. The predicted octanol–water partition coefficient (Wildman–Crippen LogP) is 10.1. The largest absolute Gasteiger partial charge is 0.504 e. The zero-order valence-electron chi connectivity index (χ0n) is 33.9. The Morgan fingerprint density at radius 2 is 1.10 bits per heavy atom. The van der Waals surface area contributed by atoms with Crippen LogP contribution in [0.4, 0.5) is 5.69 Å². The molecule has 0 aliphatic rings. The molecule has 0 aliphatic heterocycles. The maximum atomic E-state index is 11.0. The number of hydrogen-bond acceptors (Lipinski definition) is 7. The molecule has 4 aromatic heterocycles. The van der Waals surface area contributed by atoms with E-state index in [1.807, 2.05) is 73.8 Å². The van der Waals surface area contributed by atoms with Crippen LogP contribution in [-0.4, -0.2) is 57.5 Å². The highest BCUT2D eigenvalue weighted by Crippen LogP contribution is 2.40. The summed E-state index contributed by atoms with van der Waals surface area (Å²) in [5.41, 5.74) is 18.6. The number of aromatic amines is 2. The number of ether oxygens (including phenoxy) is 1. The Morgan fingerprint density at radius 3 is 1.65 bits per heavy atom. The SMILES string of the molecule is Cn1nc(-c2ccc(-c3ccccc3)cc2)c(O)c1-c1nc2ccc(C(=N)N)cc2[nH]1.[C-]#[N+]c1ccc2nc(-c3c(OC)c(-c4ccc(-c5ccccc5)cc4)nn3C)[nH]c2c1. The van der Waals surface area contributed by atoms with Crippen LogP contribution in [0.1, 0.15) is 5.56 Å². The van der Waals surface area contributed by atoms with Crippen molar-refractivity contribution in [2.24, 2.45) is 19.8 Å². The minimum atomic E-state index is -0.0114. The third kappa shape index (κ3) is 7.29. The molecule has 302 valence electrons. The second-order valence-electron chi connectivity index (χ2n) is 14.5. The number of aryl methyl sites for hydroxylation is 2. The van der Waals surface area contributed by atoms with E-state index in [0.717, 1.165) is 61.3 Å². The van der Waals surface area contributed by atoms with Crippen molar-refractivity contribution in [3.63, 3.8) is 0 Å². The van der Waals surface area contributed by atoms with Crippen LogP contribution in [0.15, 0.2) is 146 Å². The second-order valence-corrected chi connectivity index (χ2v) is 14.5. The lowest BCUT2D eigenvalue weighted by Gasteiger charge is -2.05. The van der Waals surface area contributed by atoms with Crippen molar-refractivity contribution in [3.8, 4) is 79.3 Å². The van der Waals surface area contributed by atoms with Gasteiger partial charge in [-0.25, -0.2) is 14.8 Å². The van der Waals surface area contributed by atoms with Gasteiger partial charge in [0, 0.05) is 30.8 Å². The molecule has 0 saturated heterocycles. The molecule has 0 aliphatic carbocycles. The number of imidazole rings is 2. The van der Waals surface area contributed by atoms with Gasteiger partial charge in [0.15, 0.2) is 28.8 Å². The number of nitrogens with zero attached hydrogens (tertiary/aromatic N) is 7. The van der Waals surface area contributed by atoms with Crippen LogP contribution in [0.3, 0.4) is 0 Å². The van der Waals surface area contributed by atoms with E-state index in [2.05, 4.69) is 78.4 Å². The smallest absolute Gasteiger partial charge is 0.189 e. The molecule has 0 unspecified atom stereocenters. The summed E-state index contributed by atoms with van der Waals surface area (Å²) in [7, 11) is 5.28. The molecule has 13 heteroatoms. The van der Waals surface area contributed by atoms with E-state index in [0.29, 0.717) is 40.0 Å². The Labute approximate surface area is 356 Å². The van der Waals surface area contributed by atoms with Crippen LogP contribution in [-0.2, 0) is 14.1 Å². The fourth-order valence-corrected chi connectivity index (χ4v) is 7.49. The first kappa shape index (κ1) is 38.7. The van der Waals surface area contributed by atoms with Gasteiger partial charge in [-0.1, -0.05) is 115 Å². The average Bonchev–Trinajstić information content (AvgIpc) is 4.08. The van der Waals surface area contributed by atoms with Crippen LogP contribution >= 0.6 is 0 Å². The number of hydrogen-bond donors (Lipinski definition) is 5. The van der Waals surface area contributed by atoms with E-state index in [4.69, 9.17) is 27.6 Å². The van der Waals surface area contributed by atoms with Gasteiger partial charge in [-0.2, -0.15) is 10.2 Å². The van der Waals surface area contributed by atoms with Gasteiger partial charge in [0.2, 0.25) is 0 Å². The van der Waals surface area contributed by atoms with Crippen LogP contribution in [0.5, 0.6) is 11.5 Å². The molecule has 0 fully saturated rings. The van der Waals surface area contributed by atoms with Gasteiger partial charge in [-0.15, -0.1) is 0 Å². The highest BCUT2D eigenvalue weighted by atomic mass is 16.5. The maximum absolute atomic E-state index is 11.0. The summed E-state index contributed by atoms with van der Waals surface area (Å²) in [5, 5.41) is 27.8. The van der Waals surface area contributed by atoms with Crippen molar-refractivity contribution in [3.05, 3.63) is 163 Å². The fraction of sp³-hybridized carbons (Fsp3) is 0.0612. The summed E-state index contributed by atoms with van der Waals surface area (Å²) in [6, 6.07) is 47.3. The van der Waals surface area contributed by atoms with Gasteiger partial charge in [-0.05, 0) is 52.6 Å². The zero-order chi connectivity index (χ0) is 42.9. The Balaban J connectivity index is 0.000000158. The molecule has 0 bridgehead atoms. The number of methoxy groups -OCH3 is 1. The third-order valence-electron chi connectivity index (χ3n) is 10.6. The minimum absolute atomic E-state index is 0.0114. The van der Waals surface area contributed by atoms with Gasteiger partial charge < -0.3 is 25.5 Å². The molecule has 0 atom stereocenters. The maximum Gasteiger partial charge on any atom is 0.189 e. The molecule has 0 saturated carbocycles. The van der Waals surface area contributed by atoms with Crippen molar-refractivity contribution in [2.45, 2.75) is 0 Å². The van der Waals surface area contributed by atoms with Crippen molar-refractivity contribution in [2.75, 3.05) is 7.11 Å². The molecule has 0 radical (unpaired) electrons. The molecule has 0 amide bonds. The molecular formula is C49H39N11O2. The Morgan fingerprint density at radius 1 is 0.629 bits per heavy atom. The Bertz CT molecular complexity index is 3280. The topological polar surface area (TPSA) is 177 Å². The van der Waals surface area contributed by atoms with E-state index >= 15 is 0 Å². The molecule has 10 aromatic rings. The predicted molar refractivity (Wildman–Crippen MR) is 244 cm³/mol. The summed E-state index contributed by atoms with van der Waals surface area (Å²) in [5.74, 6) is 1.84. The van der Waals surface area contributed by atoms with Gasteiger partial charge in [-0.3, -0.25) is 14.8 Å². The fourth-order valence-electron chi connectivity index (χ4n) is 7.49. The molecule has 13 nitrogen and oxygen atoms in total. The first-order valence-electron chi connectivity index (χ1n) is 19.6. The highest BCUT2D eigenvalue weighted by molar-refractivity contribution is 5.98. The van der Waals surface area contributed by atoms with Gasteiger partial charge in [0.1, 0.15) is 28.6 Å². The first-order chi connectivity index (χ1) is 30.2. The number of fused-ring (bicyclic) bond motifs is 2. The Hall–Kier alpha value is -8.76. The number of aromatic nitrogens is 8. The number of H-pyrrole nitrogens is 2. The molecule has 0 spiro atoms. The number of nitrogens with one attached hydrogen (secondary N) is 3. The van der Waals surface area contributed by atoms with Crippen molar-refractivity contribution in [1.82, 2.24) is 39.5 Å². The summed E-state index contributed by atoms with van der Waals surface area (Å²) in [6.07, 6.45) is 0. The molecule has 6 aromatic carbocycles. The van der Waals surface area contributed by atoms with E-state index < -0.39 is 0 Å². The van der Waals surface area contributed by atoms with Gasteiger partial charge in [0.05, 0.1) is 35.7 Å². The minimum Gasteiger partial charge on any atom is -0.504 e. The lowest BCUT2D eigenvalue weighted by molar-refractivity contribution is 0.417. The van der Waals surface area contributed by atoms with Crippen LogP contribution in [0.2, 0.25) is 0 Å². The van der Waals surface area contributed by atoms with E-state index in [9.17, 15) is 5.11 Å². The van der Waals surface area contributed by atoms with E-state index in [1.165, 1.54) is 5.56 Å². The molecular weight excluding hydrogens is 775 g/mol. The normalized spacial score (nSPS) is 11.0. The van der Waals surface area contributed by atoms with Crippen LogP contribution in [0, 0.1) is 12.0 Å². The monoisotopic (exact) mass is 813 g/mol. The highest BCUT2D eigenvalue weighted by Gasteiger charge is 2.24. The number of nitrogen functional groups attached to an aromatic ring is 1. The molecule has 6 N–H and O–H groups in total.